The quantitative estimate of drug-likeness (QED) is 0.253. The van der Waals surface area contributed by atoms with Crippen LogP contribution in [0.4, 0.5) is 20.4 Å². The Labute approximate surface area is 249 Å². The van der Waals surface area contributed by atoms with E-state index in [0.29, 0.717) is 56.4 Å². The third-order valence-electron chi connectivity index (χ3n) is 6.01. The lowest BCUT2D eigenvalue weighted by Crippen LogP contribution is -2.09. The maximum atomic E-state index is 13.5. The molecule has 0 atom stereocenters. The van der Waals surface area contributed by atoms with Crippen LogP contribution in [-0.2, 0) is 12.8 Å². The molecule has 0 saturated heterocycles. The van der Waals surface area contributed by atoms with Gasteiger partial charge < -0.3 is 11.5 Å². The standard InChI is InChI=1S/2C12H10BrFN6.CH4/c1-6-8(4-7-2-3-9(13)10(14)18-7)11(15)20-5-16-19-12(20)17-6;1-6-8(4-7-2-3-9(13)10(14)19-7)11(15)20-12(18-6)16-5-17-20;/h2*2-3,5H,4,15H2,1H3;1H4. The first-order valence-electron chi connectivity index (χ1n) is 11.6. The molecule has 0 amide bonds. The first-order chi connectivity index (χ1) is 19.1. The second-order valence-corrected chi connectivity index (χ2v) is 10.3. The molecule has 6 rings (SSSR count). The van der Waals surface area contributed by atoms with E-state index in [1.807, 2.05) is 13.8 Å². The van der Waals surface area contributed by atoms with E-state index in [-0.39, 0.29) is 7.43 Å². The van der Waals surface area contributed by atoms with Crippen LogP contribution >= 0.6 is 31.9 Å². The fourth-order valence-corrected chi connectivity index (χ4v) is 4.38. The van der Waals surface area contributed by atoms with E-state index in [9.17, 15) is 8.78 Å². The van der Waals surface area contributed by atoms with Crippen molar-refractivity contribution in [3.63, 3.8) is 0 Å². The Hall–Kier alpha value is -4.18. The monoisotopic (exact) mass is 688 g/mol. The molecule has 0 fully saturated rings. The van der Waals surface area contributed by atoms with Gasteiger partial charge >= 0.3 is 0 Å². The Kier molecular flexibility index (Phi) is 8.82. The lowest BCUT2D eigenvalue weighted by Gasteiger charge is -2.10. The van der Waals surface area contributed by atoms with Crippen LogP contribution in [0.1, 0.15) is 41.3 Å². The van der Waals surface area contributed by atoms with E-state index in [4.69, 9.17) is 11.5 Å². The molecule has 6 aromatic heterocycles. The largest absolute Gasteiger partial charge is 0.384 e. The van der Waals surface area contributed by atoms with E-state index in [2.05, 4.69) is 72.1 Å². The number of nitrogens with zero attached hydrogens (tertiary/aromatic N) is 10. The molecule has 6 aromatic rings. The van der Waals surface area contributed by atoms with Crippen molar-refractivity contribution in [3.8, 4) is 0 Å². The van der Waals surface area contributed by atoms with Gasteiger partial charge in [-0.3, -0.25) is 4.40 Å². The minimum Gasteiger partial charge on any atom is -0.384 e. The summed E-state index contributed by atoms with van der Waals surface area (Å²) in [7, 11) is 0. The van der Waals surface area contributed by atoms with E-state index in [1.54, 1.807) is 28.7 Å². The van der Waals surface area contributed by atoms with Gasteiger partial charge in [-0.05, 0) is 70.0 Å². The van der Waals surface area contributed by atoms with E-state index >= 15 is 0 Å². The summed E-state index contributed by atoms with van der Waals surface area (Å²) < 4.78 is 30.6. The number of nitrogens with two attached hydrogens (primary N) is 2. The van der Waals surface area contributed by atoms with E-state index in [0.717, 1.165) is 22.5 Å². The van der Waals surface area contributed by atoms with Gasteiger partial charge in [0.2, 0.25) is 11.9 Å². The molecule has 12 nitrogen and oxygen atoms in total. The summed E-state index contributed by atoms with van der Waals surface area (Å²) in [6, 6.07) is 6.71. The Bertz CT molecular complexity index is 1740. The van der Waals surface area contributed by atoms with Gasteiger partial charge in [0, 0.05) is 46.7 Å². The van der Waals surface area contributed by atoms with Crippen molar-refractivity contribution in [3.05, 3.63) is 91.7 Å². The molecular formula is C25H24Br2F2N12. The highest BCUT2D eigenvalue weighted by molar-refractivity contribution is 9.10. The van der Waals surface area contributed by atoms with Crippen LogP contribution in [0, 0.1) is 25.7 Å². The normalized spacial score (nSPS) is 10.9. The highest BCUT2D eigenvalue weighted by atomic mass is 79.9. The number of halogens is 4. The number of aromatic nitrogens is 10. The molecular weight excluding hydrogens is 666 g/mol. The van der Waals surface area contributed by atoms with Crippen LogP contribution in [0.15, 0.2) is 45.9 Å². The van der Waals surface area contributed by atoms with Crippen LogP contribution < -0.4 is 11.5 Å². The van der Waals surface area contributed by atoms with E-state index in [1.165, 1.54) is 17.2 Å². The zero-order chi connectivity index (χ0) is 28.6. The van der Waals surface area contributed by atoms with Crippen molar-refractivity contribution in [2.24, 2.45) is 0 Å². The zero-order valence-electron chi connectivity index (χ0n) is 21.0. The Morgan fingerprint density at radius 2 is 1.32 bits per heavy atom. The van der Waals surface area contributed by atoms with Gasteiger partial charge in [-0.25, -0.2) is 19.9 Å². The molecule has 0 aromatic carbocycles. The summed E-state index contributed by atoms with van der Waals surface area (Å²) in [4.78, 5) is 20.4. The number of anilines is 2. The van der Waals surface area contributed by atoms with Crippen molar-refractivity contribution >= 4 is 55.1 Å². The topological polar surface area (TPSA) is 164 Å². The van der Waals surface area contributed by atoms with E-state index < -0.39 is 11.9 Å². The first kappa shape index (κ1) is 29.8. The smallest absolute Gasteiger partial charge is 0.256 e. The second kappa shape index (κ2) is 12.1. The van der Waals surface area contributed by atoms with Gasteiger partial charge in [0.05, 0.1) is 8.95 Å². The van der Waals surface area contributed by atoms with Crippen LogP contribution in [0.3, 0.4) is 0 Å². The molecule has 212 valence electrons. The minimum absolute atomic E-state index is 0. The molecule has 0 aliphatic heterocycles. The fraction of sp³-hybridized carbons (Fsp3) is 0.200. The Morgan fingerprint density at radius 3 is 1.88 bits per heavy atom. The number of aryl methyl sites for hydroxylation is 2. The van der Waals surface area contributed by atoms with Gasteiger partial charge in [0.25, 0.3) is 11.6 Å². The molecule has 0 radical (unpaired) electrons. The summed E-state index contributed by atoms with van der Waals surface area (Å²) in [5, 5.41) is 11.6. The van der Waals surface area contributed by atoms with Gasteiger partial charge in [-0.2, -0.15) is 23.4 Å². The molecule has 0 saturated carbocycles. The molecule has 0 aliphatic rings. The lowest BCUT2D eigenvalue weighted by molar-refractivity contribution is 0.570. The van der Waals surface area contributed by atoms with Crippen LogP contribution in [0.5, 0.6) is 0 Å². The van der Waals surface area contributed by atoms with Crippen molar-refractivity contribution in [2.45, 2.75) is 34.1 Å². The Morgan fingerprint density at radius 1 is 0.780 bits per heavy atom. The molecule has 0 bridgehead atoms. The average Bonchev–Trinajstić information content (AvgIpc) is 3.59. The van der Waals surface area contributed by atoms with Crippen molar-refractivity contribution < 1.29 is 8.78 Å². The van der Waals surface area contributed by atoms with Crippen molar-refractivity contribution in [2.75, 3.05) is 11.5 Å². The van der Waals surface area contributed by atoms with Gasteiger partial charge in [-0.15, -0.1) is 10.2 Å². The van der Waals surface area contributed by atoms with Crippen LogP contribution in [0.2, 0.25) is 0 Å². The summed E-state index contributed by atoms with van der Waals surface area (Å²) in [6.45, 7) is 3.66. The average molecular weight is 690 g/mol. The molecule has 6 heterocycles. The minimum atomic E-state index is -0.548. The van der Waals surface area contributed by atoms with Gasteiger partial charge in [0.15, 0.2) is 0 Å². The maximum absolute atomic E-state index is 13.5. The molecule has 0 spiro atoms. The number of pyridine rings is 2. The highest BCUT2D eigenvalue weighted by Crippen LogP contribution is 2.22. The SMILES string of the molecule is C.Cc1nc2ncnn2c(N)c1Cc1ccc(Br)c(F)n1.Cc1nc2nncn2c(N)c1Cc1ccc(Br)c(F)n1. The maximum Gasteiger partial charge on any atom is 0.256 e. The number of fused-ring (bicyclic) bond motifs is 2. The van der Waals surface area contributed by atoms with Crippen molar-refractivity contribution in [1.29, 1.82) is 0 Å². The molecule has 41 heavy (non-hydrogen) atoms. The summed E-state index contributed by atoms with van der Waals surface area (Å²) in [5.74, 6) is 0.723. The van der Waals surface area contributed by atoms with Gasteiger partial charge in [-0.1, -0.05) is 7.43 Å². The van der Waals surface area contributed by atoms with Gasteiger partial charge in [0.1, 0.15) is 24.3 Å². The number of rotatable bonds is 4. The zero-order valence-corrected chi connectivity index (χ0v) is 24.2. The van der Waals surface area contributed by atoms with Crippen molar-refractivity contribution in [1.82, 2.24) is 49.1 Å². The highest BCUT2D eigenvalue weighted by Gasteiger charge is 2.15. The number of hydrogen-bond acceptors (Lipinski definition) is 10. The lowest BCUT2D eigenvalue weighted by atomic mass is 10.1. The third kappa shape index (κ3) is 6.12. The van der Waals surface area contributed by atoms with Crippen LogP contribution in [0.25, 0.3) is 11.6 Å². The number of hydrogen-bond donors (Lipinski definition) is 2. The summed E-state index contributed by atoms with van der Waals surface area (Å²) in [5.41, 5.74) is 16.3. The predicted octanol–water partition coefficient (Wildman–Crippen LogP) is 4.44. The molecule has 0 unspecified atom stereocenters. The third-order valence-corrected chi connectivity index (χ3v) is 7.20. The Balaban J connectivity index is 0.000000184. The summed E-state index contributed by atoms with van der Waals surface area (Å²) in [6.07, 6.45) is 3.66. The van der Waals surface area contributed by atoms with Crippen LogP contribution in [-0.4, -0.2) is 49.1 Å². The summed E-state index contributed by atoms with van der Waals surface area (Å²) >= 11 is 6.15. The predicted molar refractivity (Wildman–Crippen MR) is 156 cm³/mol. The fourth-order valence-electron chi connectivity index (χ4n) is 3.94. The molecule has 0 aliphatic carbocycles. The second-order valence-electron chi connectivity index (χ2n) is 8.60. The molecule has 4 N–H and O–H groups in total. The molecule has 16 heteroatoms. The first-order valence-corrected chi connectivity index (χ1v) is 13.2. The number of nitrogen functional groups attached to an aromatic ring is 2.